The summed E-state index contributed by atoms with van der Waals surface area (Å²) in [5.74, 6) is 1.18. The minimum atomic E-state index is 0.317. The minimum Gasteiger partial charge on any atom is -0.508 e. The molecule has 0 spiro atoms. The fourth-order valence-corrected chi connectivity index (χ4v) is 2.69. The zero-order valence-electron chi connectivity index (χ0n) is 12.9. The Morgan fingerprint density at radius 1 is 1.18 bits per heavy atom. The third-order valence-electron chi connectivity index (χ3n) is 3.19. The van der Waals surface area contributed by atoms with Crippen molar-refractivity contribution in [2.75, 3.05) is 13.1 Å². The Morgan fingerprint density at radius 3 is 2.68 bits per heavy atom. The number of nitrogens with zero attached hydrogens (tertiary/aromatic N) is 1. The summed E-state index contributed by atoms with van der Waals surface area (Å²) in [6.45, 7) is 4.51. The molecule has 0 fully saturated rings. The van der Waals surface area contributed by atoms with Crippen molar-refractivity contribution < 1.29 is 5.11 Å². The van der Waals surface area contributed by atoms with E-state index in [1.807, 2.05) is 18.2 Å². The molecule has 0 radical (unpaired) electrons. The third-order valence-corrected chi connectivity index (χ3v) is 4.05. The summed E-state index contributed by atoms with van der Waals surface area (Å²) in [6.07, 6.45) is 2.01. The first-order valence-corrected chi connectivity index (χ1v) is 8.48. The smallest absolute Gasteiger partial charge is 0.191 e. The largest absolute Gasteiger partial charge is 0.508 e. The van der Waals surface area contributed by atoms with Crippen LogP contribution in [0, 0.1) is 0 Å². The molecule has 1 aromatic heterocycles. The summed E-state index contributed by atoms with van der Waals surface area (Å²) in [7, 11) is 0. The van der Waals surface area contributed by atoms with Gasteiger partial charge in [0.05, 0.1) is 6.54 Å². The molecule has 22 heavy (non-hydrogen) atoms. The van der Waals surface area contributed by atoms with Crippen LogP contribution in [0.5, 0.6) is 5.75 Å². The molecule has 0 saturated carbocycles. The number of rotatable bonds is 7. The maximum Gasteiger partial charge on any atom is 0.191 e. The zero-order valence-corrected chi connectivity index (χ0v) is 13.7. The molecule has 0 bridgehead atoms. The lowest BCUT2D eigenvalue weighted by molar-refractivity contribution is 0.475. The van der Waals surface area contributed by atoms with Gasteiger partial charge >= 0.3 is 0 Å². The number of phenolic OH excluding ortho intramolecular Hbond substituents is 1. The Hall–Kier alpha value is -2.01. The van der Waals surface area contributed by atoms with Crippen molar-refractivity contribution in [2.24, 2.45) is 4.99 Å². The van der Waals surface area contributed by atoms with Gasteiger partial charge in [-0.1, -0.05) is 18.2 Å². The predicted molar refractivity (Wildman–Crippen MR) is 93.6 cm³/mol. The monoisotopic (exact) mass is 317 g/mol. The summed E-state index contributed by atoms with van der Waals surface area (Å²) >= 11 is 1.73. The molecule has 0 aliphatic heterocycles. The van der Waals surface area contributed by atoms with E-state index in [9.17, 15) is 5.11 Å². The highest BCUT2D eigenvalue weighted by Gasteiger charge is 1.99. The van der Waals surface area contributed by atoms with Gasteiger partial charge in [-0.15, -0.1) is 11.3 Å². The molecule has 0 saturated heterocycles. The van der Waals surface area contributed by atoms with E-state index < -0.39 is 0 Å². The molecule has 4 nitrogen and oxygen atoms in total. The number of thiophene rings is 1. The molecule has 1 heterocycles. The Kier molecular flexibility index (Phi) is 6.77. The highest BCUT2D eigenvalue weighted by Crippen LogP contribution is 2.11. The van der Waals surface area contributed by atoms with Crippen molar-refractivity contribution >= 4 is 17.3 Å². The van der Waals surface area contributed by atoms with Crippen LogP contribution in [0.25, 0.3) is 0 Å². The predicted octanol–water partition coefficient (Wildman–Crippen LogP) is 3.14. The average Bonchev–Trinajstić information content (AvgIpc) is 3.04. The van der Waals surface area contributed by atoms with Crippen LogP contribution in [0.3, 0.4) is 0 Å². The van der Waals surface area contributed by atoms with Crippen molar-refractivity contribution in [1.29, 1.82) is 0 Å². The number of phenols is 1. The number of benzene rings is 1. The molecule has 0 amide bonds. The second-order valence-electron chi connectivity index (χ2n) is 4.97. The molecule has 118 valence electrons. The Balaban J connectivity index is 1.74. The van der Waals surface area contributed by atoms with Gasteiger partial charge in [-0.05, 0) is 48.9 Å². The number of hydrogen-bond acceptors (Lipinski definition) is 3. The number of hydrogen-bond donors (Lipinski definition) is 3. The second kappa shape index (κ2) is 9.10. The maximum atomic E-state index is 9.26. The molecule has 2 rings (SSSR count). The Labute approximate surface area is 135 Å². The van der Waals surface area contributed by atoms with Crippen LogP contribution in [0.1, 0.15) is 23.8 Å². The summed E-state index contributed by atoms with van der Waals surface area (Å²) in [5, 5.41) is 18.0. The van der Waals surface area contributed by atoms with Crippen molar-refractivity contribution in [1.82, 2.24) is 10.6 Å². The summed E-state index contributed by atoms with van der Waals surface area (Å²) in [4.78, 5) is 5.85. The molecule has 0 unspecified atom stereocenters. The fourth-order valence-electron chi connectivity index (χ4n) is 2.06. The van der Waals surface area contributed by atoms with Crippen LogP contribution < -0.4 is 10.6 Å². The van der Waals surface area contributed by atoms with Gasteiger partial charge in [0.15, 0.2) is 5.96 Å². The lowest BCUT2D eigenvalue weighted by Crippen LogP contribution is -2.37. The quantitative estimate of drug-likeness (QED) is 0.418. The Bertz CT molecular complexity index is 564. The van der Waals surface area contributed by atoms with Crippen molar-refractivity contribution in [3.63, 3.8) is 0 Å². The number of aryl methyl sites for hydroxylation is 1. The summed E-state index contributed by atoms with van der Waals surface area (Å²) in [6, 6.07) is 11.5. The SMILES string of the molecule is CCNC(=NCc1cccs1)NCCCc1ccc(O)cc1. The fraction of sp³-hybridized carbons (Fsp3) is 0.353. The van der Waals surface area contributed by atoms with Crippen LogP contribution in [0.4, 0.5) is 0 Å². The number of aromatic hydroxyl groups is 1. The van der Waals surface area contributed by atoms with Crippen molar-refractivity contribution in [2.45, 2.75) is 26.3 Å². The number of aliphatic imine (C=N–C) groups is 1. The minimum absolute atomic E-state index is 0.317. The van der Waals surface area contributed by atoms with E-state index >= 15 is 0 Å². The zero-order chi connectivity index (χ0) is 15.6. The van der Waals surface area contributed by atoms with E-state index in [1.54, 1.807) is 23.5 Å². The van der Waals surface area contributed by atoms with Gasteiger partial charge in [-0.25, -0.2) is 4.99 Å². The topological polar surface area (TPSA) is 56.7 Å². The van der Waals surface area contributed by atoms with Gasteiger partial charge in [-0.3, -0.25) is 0 Å². The maximum absolute atomic E-state index is 9.26. The highest BCUT2D eigenvalue weighted by molar-refractivity contribution is 7.09. The van der Waals surface area contributed by atoms with Gasteiger partial charge in [0.2, 0.25) is 0 Å². The number of nitrogens with one attached hydrogen (secondary N) is 2. The molecule has 3 N–H and O–H groups in total. The van der Waals surface area contributed by atoms with E-state index in [0.29, 0.717) is 12.3 Å². The first kappa shape index (κ1) is 16.4. The normalized spacial score (nSPS) is 11.4. The molecular weight excluding hydrogens is 294 g/mol. The second-order valence-corrected chi connectivity index (χ2v) is 6.00. The van der Waals surface area contributed by atoms with Crippen molar-refractivity contribution in [3.05, 3.63) is 52.2 Å². The lowest BCUT2D eigenvalue weighted by atomic mass is 10.1. The van der Waals surface area contributed by atoms with Gasteiger partial charge in [0, 0.05) is 18.0 Å². The summed E-state index contributed by atoms with van der Waals surface area (Å²) < 4.78 is 0. The number of guanidine groups is 1. The lowest BCUT2D eigenvalue weighted by Gasteiger charge is -2.11. The molecule has 5 heteroatoms. The molecule has 1 aromatic carbocycles. The van der Waals surface area contributed by atoms with Gasteiger partial charge < -0.3 is 15.7 Å². The first-order valence-electron chi connectivity index (χ1n) is 7.60. The Morgan fingerprint density at radius 2 is 2.00 bits per heavy atom. The molecule has 0 atom stereocenters. The van der Waals surface area contributed by atoms with E-state index in [4.69, 9.17) is 0 Å². The third kappa shape index (κ3) is 5.77. The van der Waals surface area contributed by atoms with E-state index in [1.165, 1.54) is 10.4 Å². The average molecular weight is 317 g/mol. The van der Waals surface area contributed by atoms with Crippen LogP contribution in [-0.2, 0) is 13.0 Å². The van der Waals surface area contributed by atoms with Gasteiger partial charge in [0.1, 0.15) is 5.75 Å². The van der Waals surface area contributed by atoms with E-state index in [2.05, 4.69) is 34.0 Å². The molecular formula is C17H23N3OS. The van der Waals surface area contributed by atoms with Crippen LogP contribution in [-0.4, -0.2) is 24.2 Å². The van der Waals surface area contributed by atoms with Crippen LogP contribution in [0.15, 0.2) is 46.8 Å². The highest BCUT2D eigenvalue weighted by atomic mass is 32.1. The molecule has 0 aliphatic carbocycles. The van der Waals surface area contributed by atoms with E-state index in [0.717, 1.165) is 31.9 Å². The van der Waals surface area contributed by atoms with Crippen molar-refractivity contribution in [3.8, 4) is 5.75 Å². The first-order chi connectivity index (χ1) is 10.8. The summed E-state index contributed by atoms with van der Waals surface area (Å²) in [5.41, 5.74) is 1.24. The van der Waals surface area contributed by atoms with Gasteiger partial charge in [-0.2, -0.15) is 0 Å². The van der Waals surface area contributed by atoms with Crippen LogP contribution in [0.2, 0.25) is 0 Å². The standard InChI is InChI=1S/C17H23N3OS/c1-2-18-17(20-13-16-6-4-12-22-16)19-11-3-5-14-7-9-15(21)10-8-14/h4,6-10,12,21H,2-3,5,11,13H2,1H3,(H2,18,19,20). The van der Waals surface area contributed by atoms with Gasteiger partial charge in [0.25, 0.3) is 0 Å². The van der Waals surface area contributed by atoms with Crippen LogP contribution >= 0.6 is 11.3 Å². The molecule has 2 aromatic rings. The molecule has 0 aliphatic rings. The van der Waals surface area contributed by atoms with E-state index in [-0.39, 0.29) is 0 Å².